The zero-order valence-corrected chi connectivity index (χ0v) is 13.7. The predicted molar refractivity (Wildman–Crippen MR) is 88.5 cm³/mol. The normalized spacial score (nSPS) is 18.7. The Balaban J connectivity index is 2.18. The minimum absolute atomic E-state index is 0.126. The molecule has 3 rings (SSSR count). The highest BCUT2D eigenvalue weighted by molar-refractivity contribution is 5.94. The van der Waals surface area contributed by atoms with Crippen LogP contribution in [0.15, 0.2) is 30.5 Å². The molecule has 1 aliphatic carbocycles. The molecule has 0 radical (unpaired) electrons. The fourth-order valence-corrected chi connectivity index (χ4v) is 3.54. The Kier molecular flexibility index (Phi) is 3.20. The maximum Gasteiger partial charge on any atom is 0.352 e. The molecule has 0 spiro atoms. The van der Waals surface area contributed by atoms with Gasteiger partial charge in [0.15, 0.2) is 0 Å². The van der Waals surface area contributed by atoms with E-state index in [9.17, 15) is 9.90 Å². The summed E-state index contributed by atoms with van der Waals surface area (Å²) in [5, 5.41) is 9.31. The number of fused-ring (bicyclic) bond motifs is 1. The van der Waals surface area contributed by atoms with Crippen molar-refractivity contribution >= 4 is 5.97 Å². The van der Waals surface area contributed by atoms with Crippen LogP contribution in [0.5, 0.6) is 0 Å². The van der Waals surface area contributed by atoms with Gasteiger partial charge in [-0.25, -0.2) is 4.79 Å². The number of aromatic nitrogens is 1. The van der Waals surface area contributed by atoms with Crippen LogP contribution in [0.3, 0.4) is 0 Å². The van der Waals surface area contributed by atoms with Crippen LogP contribution in [-0.2, 0) is 10.8 Å². The smallest absolute Gasteiger partial charge is 0.352 e. The maximum absolute atomic E-state index is 11.3. The van der Waals surface area contributed by atoms with Gasteiger partial charge >= 0.3 is 5.97 Å². The van der Waals surface area contributed by atoms with Gasteiger partial charge in [-0.05, 0) is 46.4 Å². The molecule has 1 aromatic carbocycles. The first kappa shape index (κ1) is 14.9. The molecule has 0 saturated carbocycles. The molecule has 0 aliphatic heterocycles. The molecule has 2 N–H and O–H groups in total. The molecule has 1 heterocycles. The Morgan fingerprint density at radius 3 is 2.32 bits per heavy atom. The van der Waals surface area contributed by atoms with Crippen LogP contribution in [0.4, 0.5) is 0 Å². The van der Waals surface area contributed by atoms with E-state index >= 15 is 0 Å². The lowest BCUT2D eigenvalue weighted by Crippen LogP contribution is -2.33. The Hall–Kier alpha value is -2.03. The first-order valence-electron chi connectivity index (χ1n) is 7.78. The topological polar surface area (TPSA) is 53.1 Å². The third-order valence-electron chi connectivity index (χ3n) is 5.12. The zero-order chi connectivity index (χ0) is 16.1. The van der Waals surface area contributed by atoms with Gasteiger partial charge in [0.25, 0.3) is 0 Å². The van der Waals surface area contributed by atoms with Gasteiger partial charge in [-0.1, -0.05) is 45.9 Å². The highest BCUT2D eigenvalue weighted by Gasteiger charge is 2.37. The molecule has 2 aromatic rings. The first-order chi connectivity index (χ1) is 10.2. The summed E-state index contributed by atoms with van der Waals surface area (Å²) in [5.74, 6) is -0.919. The fraction of sp³-hybridized carbons (Fsp3) is 0.421. The highest BCUT2D eigenvalue weighted by Crippen LogP contribution is 2.46. The van der Waals surface area contributed by atoms with Crippen molar-refractivity contribution in [1.82, 2.24) is 4.98 Å². The van der Waals surface area contributed by atoms with Crippen LogP contribution in [0, 0.1) is 0 Å². The number of carbonyl (C=O) groups is 1. The average Bonchev–Trinajstić information content (AvgIpc) is 2.93. The molecule has 0 unspecified atom stereocenters. The lowest BCUT2D eigenvalue weighted by atomic mass is 9.63. The van der Waals surface area contributed by atoms with Crippen molar-refractivity contribution in [3.8, 4) is 11.1 Å². The van der Waals surface area contributed by atoms with E-state index in [4.69, 9.17) is 0 Å². The number of carboxylic acids is 1. The number of hydrogen-bond acceptors (Lipinski definition) is 1. The number of hydrogen-bond donors (Lipinski definition) is 2. The molecule has 22 heavy (non-hydrogen) atoms. The quantitative estimate of drug-likeness (QED) is 0.842. The van der Waals surface area contributed by atoms with E-state index in [0.29, 0.717) is 0 Å². The molecule has 0 atom stereocenters. The van der Waals surface area contributed by atoms with Crippen molar-refractivity contribution < 1.29 is 9.90 Å². The van der Waals surface area contributed by atoms with Crippen LogP contribution < -0.4 is 0 Å². The number of nitrogens with one attached hydrogen (secondary N) is 1. The van der Waals surface area contributed by atoms with Gasteiger partial charge in [-0.3, -0.25) is 0 Å². The van der Waals surface area contributed by atoms with Gasteiger partial charge in [0, 0.05) is 11.8 Å². The molecule has 3 heteroatoms. The van der Waals surface area contributed by atoms with E-state index in [0.717, 1.165) is 17.5 Å². The van der Waals surface area contributed by atoms with Crippen LogP contribution in [-0.4, -0.2) is 16.1 Å². The number of aromatic carboxylic acids is 1. The van der Waals surface area contributed by atoms with Gasteiger partial charge in [-0.15, -0.1) is 0 Å². The van der Waals surface area contributed by atoms with E-state index in [-0.39, 0.29) is 16.5 Å². The largest absolute Gasteiger partial charge is 0.477 e. The molecule has 3 nitrogen and oxygen atoms in total. The lowest BCUT2D eigenvalue weighted by Gasteiger charge is -2.42. The summed E-state index contributed by atoms with van der Waals surface area (Å²) >= 11 is 0. The SMILES string of the molecule is CC1(C)CCC(C)(C)c2cc(-c3cc[nH]c3C(=O)O)ccc21. The second-order valence-electron chi connectivity index (χ2n) is 7.60. The lowest BCUT2D eigenvalue weighted by molar-refractivity contribution is 0.0692. The predicted octanol–water partition coefficient (Wildman–Crippen LogP) is 4.73. The van der Waals surface area contributed by atoms with E-state index in [1.807, 2.05) is 6.07 Å². The second kappa shape index (κ2) is 4.73. The Morgan fingerprint density at radius 2 is 1.68 bits per heavy atom. The highest BCUT2D eigenvalue weighted by atomic mass is 16.4. The summed E-state index contributed by atoms with van der Waals surface area (Å²) in [6.45, 7) is 9.14. The average molecular weight is 297 g/mol. The van der Waals surface area contributed by atoms with Crippen molar-refractivity contribution in [1.29, 1.82) is 0 Å². The van der Waals surface area contributed by atoms with Gasteiger partial charge in [-0.2, -0.15) is 0 Å². The molecule has 116 valence electrons. The van der Waals surface area contributed by atoms with Crippen LogP contribution in [0.1, 0.15) is 62.2 Å². The maximum atomic E-state index is 11.3. The summed E-state index contributed by atoms with van der Waals surface area (Å²) in [6, 6.07) is 8.26. The molecule has 0 bridgehead atoms. The summed E-state index contributed by atoms with van der Waals surface area (Å²) in [4.78, 5) is 14.2. The van der Waals surface area contributed by atoms with Gasteiger partial charge < -0.3 is 10.1 Å². The number of H-pyrrole nitrogens is 1. The summed E-state index contributed by atoms with van der Waals surface area (Å²) in [6.07, 6.45) is 4.01. The molecule has 1 aromatic heterocycles. The van der Waals surface area contributed by atoms with Crippen molar-refractivity contribution in [2.45, 2.75) is 51.4 Å². The molecular formula is C19H23NO2. The monoisotopic (exact) mass is 297 g/mol. The van der Waals surface area contributed by atoms with E-state index in [1.165, 1.54) is 17.5 Å². The molecule has 0 saturated heterocycles. The van der Waals surface area contributed by atoms with Crippen molar-refractivity contribution in [3.05, 3.63) is 47.3 Å². The Bertz CT molecular complexity index is 738. The third-order valence-corrected chi connectivity index (χ3v) is 5.12. The number of rotatable bonds is 2. The van der Waals surface area contributed by atoms with Crippen LogP contribution in [0.25, 0.3) is 11.1 Å². The number of aromatic amines is 1. The Morgan fingerprint density at radius 1 is 1.05 bits per heavy atom. The van der Waals surface area contributed by atoms with Crippen molar-refractivity contribution in [3.63, 3.8) is 0 Å². The summed E-state index contributed by atoms with van der Waals surface area (Å²) in [5.41, 5.74) is 5.03. The summed E-state index contributed by atoms with van der Waals surface area (Å²) < 4.78 is 0. The molecule has 0 amide bonds. The van der Waals surface area contributed by atoms with Gasteiger partial charge in [0.05, 0.1) is 0 Å². The second-order valence-corrected chi connectivity index (χ2v) is 7.60. The van der Waals surface area contributed by atoms with E-state index < -0.39 is 5.97 Å². The van der Waals surface area contributed by atoms with Crippen LogP contribution >= 0.6 is 0 Å². The van der Waals surface area contributed by atoms with E-state index in [1.54, 1.807) is 6.20 Å². The standard InChI is InChI=1S/C19H23NO2/c1-18(2)8-9-19(3,4)15-11-12(5-6-14(15)18)13-7-10-20-16(13)17(21)22/h5-7,10-11,20H,8-9H2,1-4H3,(H,21,22). The number of benzene rings is 1. The van der Waals surface area contributed by atoms with Crippen molar-refractivity contribution in [2.75, 3.05) is 0 Å². The van der Waals surface area contributed by atoms with Gasteiger partial charge in [0.2, 0.25) is 0 Å². The van der Waals surface area contributed by atoms with Crippen LogP contribution in [0.2, 0.25) is 0 Å². The summed E-state index contributed by atoms with van der Waals surface area (Å²) in [7, 11) is 0. The van der Waals surface area contributed by atoms with Gasteiger partial charge in [0.1, 0.15) is 5.69 Å². The minimum Gasteiger partial charge on any atom is -0.477 e. The Labute approximate surface area is 131 Å². The van der Waals surface area contributed by atoms with E-state index in [2.05, 4.69) is 50.9 Å². The minimum atomic E-state index is -0.919. The fourth-order valence-electron chi connectivity index (χ4n) is 3.54. The molecule has 1 aliphatic rings. The molecular weight excluding hydrogens is 274 g/mol. The first-order valence-corrected chi connectivity index (χ1v) is 7.78. The zero-order valence-electron chi connectivity index (χ0n) is 13.7. The number of carboxylic acid groups (broad SMARTS) is 1. The van der Waals surface area contributed by atoms with Crippen molar-refractivity contribution in [2.24, 2.45) is 0 Å². The molecule has 0 fully saturated rings. The third kappa shape index (κ3) is 2.25.